The van der Waals surface area contributed by atoms with Crippen LogP contribution in [0.1, 0.15) is 13.8 Å². The molecule has 1 aliphatic heterocycles. The monoisotopic (exact) mass is 314 g/mol. The minimum atomic E-state index is 0.687. The fourth-order valence-electron chi connectivity index (χ4n) is 1.69. The van der Waals surface area contributed by atoms with Gasteiger partial charge in [0.2, 0.25) is 0 Å². The molecule has 0 spiro atoms. The fourth-order valence-corrected chi connectivity index (χ4v) is 2.47. The number of hydrogen-bond donors (Lipinski definition) is 0. The Balaban J connectivity index is 3.30. The molecule has 0 aromatic heterocycles. The van der Waals surface area contributed by atoms with Gasteiger partial charge in [0.05, 0.1) is 11.9 Å². The highest BCUT2D eigenvalue weighted by Crippen LogP contribution is 2.28. The summed E-state index contributed by atoms with van der Waals surface area (Å²) in [5.74, 6) is 0. The van der Waals surface area contributed by atoms with Gasteiger partial charge in [-0.15, -0.1) is 10.2 Å². The van der Waals surface area contributed by atoms with Gasteiger partial charge < -0.3 is 4.90 Å². The molecule has 0 bridgehead atoms. The molecule has 0 N–H and O–H groups in total. The Morgan fingerprint density at radius 1 is 1.36 bits per heavy atom. The van der Waals surface area contributed by atoms with Crippen LogP contribution in [0.25, 0.3) is 0 Å². The van der Waals surface area contributed by atoms with Crippen molar-refractivity contribution in [2.75, 3.05) is 14.1 Å². The number of rotatable bonds is 4. The van der Waals surface area contributed by atoms with Crippen molar-refractivity contribution in [2.24, 2.45) is 15.4 Å². The summed E-state index contributed by atoms with van der Waals surface area (Å²) < 4.78 is 0. The first kappa shape index (κ1) is 17.9. The highest BCUT2D eigenvalue weighted by Gasteiger charge is 2.15. The standard InChI is InChI=1S/C17H22N4S/c1-7-9-13(2)12-16(21(5)6)17-15(4)22-14(3)10-8-11-18-20-19-17/h7-12H,2,4H2,1,3,5-6H3/b9-7-,11-8-,14-10+,16-12-,19-17?,20-18?. The molecule has 0 aromatic carbocycles. The Bertz CT molecular complexity index is 617. The van der Waals surface area contributed by atoms with Crippen LogP contribution in [0.15, 0.2) is 86.3 Å². The average molecular weight is 314 g/mol. The van der Waals surface area contributed by atoms with Gasteiger partial charge in [0.25, 0.3) is 0 Å². The second-order valence-electron chi connectivity index (χ2n) is 4.80. The number of allylic oxidation sites excluding steroid dienone is 8. The van der Waals surface area contributed by atoms with Crippen molar-refractivity contribution in [3.8, 4) is 0 Å². The molecule has 0 saturated heterocycles. The third-order valence-corrected chi connectivity index (χ3v) is 3.55. The van der Waals surface area contributed by atoms with Crippen molar-refractivity contribution in [1.82, 2.24) is 4.90 Å². The van der Waals surface area contributed by atoms with Crippen molar-refractivity contribution >= 4 is 17.5 Å². The van der Waals surface area contributed by atoms with Crippen molar-refractivity contribution in [2.45, 2.75) is 13.8 Å². The first-order valence-corrected chi connectivity index (χ1v) is 7.66. The molecule has 0 fully saturated rings. The minimum Gasteiger partial charge on any atom is -0.376 e. The van der Waals surface area contributed by atoms with E-state index in [1.54, 1.807) is 18.0 Å². The van der Waals surface area contributed by atoms with Crippen LogP contribution in [0.3, 0.4) is 0 Å². The zero-order chi connectivity index (χ0) is 16.5. The molecule has 0 amide bonds. The molecule has 1 aliphatic rings. The van der Waals surface area contributed by atoms with E-state index in [0.29, 0.717) is 5.71 Å². The molecule has 0 radical (unpaired) electrons. The second kappa shape index (κ2) is 9.00. The second-order valence-corrected chi connectivity index (χ2v) is 6.14. The van der Waals surface area contributed by atoms with E-state index >= 15 is 0 Å². The molecule has 1 rings (SSSR count). The Kier molecular flexibility index (Phi) is 7.32. The van der Waals surface area contributed by atoms with Crippen LogP contribution < -0.4 is 0 Å². The van der Waals surface area contributed by atoms with E-state index in [0.717, 1.165) is 21.1 Å². The van der Waals surface area contributed by atoms with E-state index in [4.69, 9.17) is 0 Å². The lowest BCUT2D eigenvalue weighted by Crippen LogP contribution is -2.20. The van der Waals surface area contributed by atoms with E-state index in [1.807, 2.05) is 63.2 Å². The molecule has 0 atom stereocenters. The highest BCUT2D eigenvalue weighted by atomic mass is 32.2. The summed E-state index contributed by atoms with van der Waals surface area (Å²) in [5.41, 5.74) is 2.46. The normalized spacial score (nSPS) is 20.4. The third-order valence-electron chi connectivity index (χ3n) is 2.66. The van der Waals surface area contributed by atoms with E-state index < -0.39 is 0 Å². The first-order valence-electron chi connectivity index (χ1n) is 6.85. The molecular weight excluding hydrogens is 292 g/mol. The molecule has 4 nitrogen and oxygen atoms in total. The summed E-state index contributed by atoms with van der Waals surface area (Å²) in [6.45, 7) is 12.1. The lowest BCUT2D eigenvalue weighted by Gasteiger charge is -2.20. The molecule has 0 unspecified atom stereocenters. The summed E-state index contributed by atoms with van der Waals surface area (Å²) in [7, 11) is 3.90. The summed E-state index contributed by atoms with van der Waals surface area (Å²) in [5, 5.41) is 12.0. The number of thioether (sulfide) groups is 1. The predicted molar refractivity (Wildman–Crippen MR) is 97.6 cm³/mol. The van der Waals surface area contributed by atoms with Crippen LogP contribution in [0, 0.1) is 0 Å². The van der Waals surface area contributed by atoms with Crippen LogP contribution in [0.2, 0.25) is 0 Å². The average Bonchev–Trinajstić information content (AvgIpc) is 2.44. The van der Waals surface area contributed by atoms with Crippen LogP contribution >= 0.6 is 11.8 Å². The zero-order valence-corrected chi connectivity index (χ0v) is 14.4. The number of nitrogens with zero attached hydrogens (tertiary/aromatic N) is 4. The van der Waals surface area contributed by atoms with E-state index in [2.05, 4.69) is 28.6 Å². The zero-order valence-electron chi connectivity index (χ0n) is 13.6. The van der Waals surface area contributed by atoms with Gasteiger partial charge in [-0.2, -0.15) is 0 Å². The molecule has 116 valence electrons. The van der Waals surface area contributed by atoms with Gasteiger partial charge in [-0.05, 0) is 41.7 Å². The summed E-state index contributed by atoms with van der Waals surface area (Å²) >= 11 is 1.56. The topological polar surface area (TPSA) is 40.3 Å². The van der Waals surface area contributed by atoms with Gasteiger partial charge in [0, 0.05) is 19.0 Å². The third kappa shape index (κ3) is 5.69. The van der Waals surface area contributed by atoms with E-state index in [1.165, 1.54) is 0 Å². The molecule has 0 aliphatic carbocycles. The summed E-state index contributed by atoms with van der Waals surface area (Å²) in [6.07, 6.45) is 11.3. The SMILES string of the molecule is C=C(/C=C\C)/C=C(/C1=NN=N/C=C\C=C(/C)SC1=C)N(C)C. The molecular formula is C17H22N4S. The molecule has 5 heteroatoms. The van der Waals surface area contributed by atoms with E-state index in [9.17, 15) is 0 Å². The van der Waals surface area contributed by atoms with Gasteiger partial charge >= 0.3 is 0 Å². The van der Waals surface area contributed by atoms with Crippen molar-refractivity contribution < 1.29 is 0 Å². The Labute approximate surface area is 137 Å². The van der Waals surface area contributed by atoms with Crippen molar-refractivity contribution in [3.63, 3.8) is 0 Å². The number of hydrogen-bond acceptors (Lipinski definition) is 5. The lowest BCUT2D eigenvalue weighted by molar-refractivity contribution is 0.538. The Morgan fingerprint density at radius 3 is 2.73 bits per heavy atom. The minimum absolute atomic E-state index is 0.687. The first-order chi connectivity index (χ1) is 10.5. The maximum atomic E-state index is 4.24. The largest absolute Gasteiger partial charge is 0.376 e. The Hall–Kier alpha value is -2.14. The van der Waals surface area contributed by atoms with E-state index in [-0.39, 0.29) is 0 Å². The summed E-state index contributed by atoms with van der Waals surface area (Å²) in [4.78, 5) is 3.89. The van der Waals surface area contributed by atoms with Crippen LogP contribution in [0.5, 0.6) is 0 Å². The lowest BCUT2D eigenvalue weighted by atomic mass is 10.1. The fraction of sp³-hybridized carbons (Fsp3) is 0.235. The van der Waals surface area contributed by atoms with Gasteiger partial charge in [-0.3, -0.25) is 0 Å². The van der Waals surface area contributed by atoms with Crippen molar-refractivity contribution in [3.05, 3.63) is 70.8 Å². The maximum absolute atomic E-state index is 4.24. The molecule has 1 heterocycles. The predicted octanol–water partition coefficient (Wildman–Crippen LogP) is 5.05. The van der Waals surface area contributed by atoms with Gasteiger partial charge in [-0.25, -0.2) is 0 Å². The van der Waals surface area contributed by atoms with Crippen LogP contribution in [0.4, 0.5) is 0 Å². The van der Waals surface area contributed by atoms with Crippen LogP contribution in [-0.2, 0) is 0 Å². The van der Waals surface area contributed by atoms with Crippen LogP contribution in [-0.4, -0.2) is 24.7 Å². The summed E-state index contributed by atoms with van der Waals surface area (Å²) in [6, 6.07) is 0. The molecule has 0 saturated carbocycles. The quantitative estimate of drug-likeness (QED) is 0.681. The van der Waals surface area contributed by atoms with Gasteiger partial charge in [0.1, 0.15) is 5.71 Å². The maximum Gasteiger partial charge on any atom is 0.124 e. The van der Waals surface area contributed by atoms with Crippen molar-refractivity contribution in [1.29, 1.82) is 0 Å². The molecule has 22 heavy (non-hydrogen) atoms. The molecule has 0 aromatic rings. The van der Waals surface area contributed by atoms with Gasteiger partial charge in [0.15, 0.2) is 0 Å². The highest BCUT2D eigenvalue weighted by molar-refractivity contribution is 8.07. The smallest absolute Gasteiger partial charge is 0.124 e. The van der Waals surface area contributed by atoms with Gasteiger partial charge in [-0.1, -0.05) is 43.1 Å². The Morgan fingerprint density at radius 2 is 2.09 bits per heavy atom.